The highest BCUT2D eigenvalue weighted by Gasteiger charge is 2.25. The van der Waals surface area contributed by atoms with Gasteiger partial charge in [0, 0.05) is 49.2 Å². The highest BCUT2D eigenvalue weighted by molar-refractivity contribution is 6.09. The largest absolute Gasteiger partial charge is 0.497 e. The first kappa shape index (κ1) is 25.7. The molecule has 0 unspecified atom stereocenters. The van der Waals surface area contributed by atoms with Crippen LogP contribution in [0.1, 0.15) is 29.8 Å². The fraction of sp³-hybridized carbons (Fsp3) is 0.429. The average molecular weight is 516 g/mol. The number of anilines is 2. The normalized spacial score (nSPS) is 19.8. The quantitative estimate of drug-likeness (QED) is 0.467. The number of likely N-dealkylation sites (tertiary alicyclic amines) is 1. The molecule has 2 aromatic carbocycles. The SMILES string of the molecule is COc1cc(NC(=O)c2cc(N3CCN[C@@H](CC#N)C3)nc(OC[C@@H]3CCCN3C)n2)c2ccccc2c1. The van der Waals surface area contributed by atoms with Gasteiger partial charge in [0.25, 0.3) is 5.91 Å². The molecule has 38 heavy (non-hydrogen) atoms. The van der Waals surface area contributed by atoms with Crippen molar-refractivity contribution < 1.29 is 14.3 Å². The lowest BCUT2D eigenvalue weighted by Gasteiger charge is -2.33. The van der Waals surface area contributed by atoms with Crippen LogP contribution in [-0.2, 0) is 0 Å². The Morgan fingerprint density at radius 1 is 1.24 bits per heavy atom. The Labute approximate surface area is 222 Å². The van der Waals surface area contributed by atoms with E-state index in [4.69, 9.17) is 14.7 Å². The number of likely N-dealkylation sites (N-methyl/N-ethyl adjacent to an activating group) is 1. The van der Waals surface area contributed by atoms with E-state index < -0.39 is 0 Å². The first-order valence-corrected chi connectivity index (χ1v) is 13.0. The highest BCUT2D eigenvalue weighted by atomic mass is 16.5. The molecule has 2 aliphatic heterocycles. The van der Waals surface area contributed by atoms with Gasteiger partial charge in [0.05, 0.1) is 25.3 Å². The second-order valence-corrected chi connectivity index (χ2v) is 9.79. The molecule has 0 spiro atoms. The Morgan fingerprint density at radius 2 is 2.11 bits per heavy atom. The van der Waals surface area contributed by atoms with Gasteiger partial charge in [0.2, 0.25) is 0 Å². The van der Waals surface area contributed by atoms with Crippen molar-refractivity contribution in [3.05, 3.63) is 48.2 Å². The van der Waals surface area contributed by atoms with E-state index in [1.54, 1.807) is 19.2 Å². The first-order chi connectivity index (χ1) is 18.5. The van der Waals surface area contributed by atoms with Gasteiger partial charge in [-0.2, -0.15) is 15.2 Å². The van der Waals surface area contributed by atoms with Crippen LogP contribution in [0, 0.1) is 11.3 Å². The molecule has 2 atom stereocenters. The van der Waals surface area contributed by atoms with E-state index in [0.717, 1.165) is 36.7 Å². The van der Waals surface area contributed by atoms with Gasteiger partial charge in [0.15, 0.2) is 0 Å². The molecular weight excluding hydrogens is 482 g/mol. The minimum absolute atomic E-state index is 0.0284. The van der Waals surface area contributed by atoms with Crippen LogP contribution >= 0.6 is 0 Å². The third kappa shape index (κ3) is 5.79. The van der Waals surface area contributed by atoms with Crippen LogP contribution in [0.5, 0.6) is 11.8 Å². The molecule has 10 heteroatoms. The van der Waals surface area contributed by atoms with E-state index in [9.17, 15) is 4.79 Å². The fourth-order valence-corrected chi connectivity index (χ4v) is 5.09. The number of carbonyl (C=O) groups excluding carboxylic acids is 1. The maximum atomic E-state index is 13.5. The number of fused-ring (bicyclic) bond motifs is 1. The molecule has 3 heterocycles. The van der Waals surface area contributed by atoms with Crippen molar-refractivity contribution in [2.45, 2.75) is 31.3 Å². The van der Waals surface area contributed by atoms with Gasteiger partial charge in [-0.1, -0.05) is 24.3 Å². The summed E-state index contributed by atoms with van der Waals surface area (Å²) >= 11 is 0. The number of carbonyl (C=O) groups is 1. The number of nitriles is 1. The van der Waals surface area contributed by atoms with Crippen molar-refractivity contribution in [3.8, 4) is 17.8 Å². The van der Waals surface area contributed by atoms with Crippen molar-refractivity contribution in [1.29, 1.82) is 5.26 Å². The lowest BCUT2D eigenvalue weighted by molar-refractivity contribution is 0.102. The summed E-state index contributed by atoms with van der Waals surface area (Å²) in [5.74, 6) is 0.898. The van der Waals surface area contributed by atoms with E-state index in [1.165, 1.54) is 0 Å². The molecule has 3 aromatic rings. The summed E-state index contributed by atoms with van der Waals surface area (Å²) in [4.78, 5) is 27.1. The van der Waals surface area contributed by atoms with E-state index in [0.29, 0.717) is 49.4 Å². The van der Waals surface area contributed by atoms with Crippen LogP contribution in [0.25, 0.3) is 10.8 Å². The zero-order chi connectivity index (χ0) is 26.5. The average Bonchev–Trinajstić information content (AvgIpc) is 3.36. The van der Waals surface area contributed by atoms with E-state index in [-0.39, 0.29) is 23.7 Å². The topological polar surface area (TPSA) is 116 Å². The molecule has 0 bridgehead atoms. The number of hydrogen-bond donors (Lipinski definition) is 2. The number of nitrogens with zero attached hydrogens (tertiary/aromatic N) is 5. The first-order valence-electron chi connectivity index (χ1n) is 13.0. The van der Waals surface area contributed by atoms with E-state index >= 15 is 0 Å². The van der Waals surface area contributed by atoms with Crippen LogP contribution in [-0.4, -0.2) is 79.8 Å². The second kappa shape index (κ2) is 11.6. The third-order valence-corrected chi connectivity index (χ3v) is 7.24. The number of methoxy groups -OCH3 is 1. The van der Waals surface area contributed by atoms with Crippen LogP contribution in [0.3, 0.4) is 0 Å². The van der Waals surface area contributed by atoms with Gasteiger partial charge < -0.3 is 29.9 Å². The van der Waals surface area contributed by atoms with Gasteiger partial charge in [-0.3, -0.25) is 4.79 Å². The fourth-order valence-electron chi connectivity index (χ4n) is 5.09. The van der Waals surface area contributed by atoms with Crippen molar-refractivity contribution in [2.75, 3.05) is 57.2 Å². The minimum atomic E-state index is -0.362. The number of nitrogens with one attached hydrogen (secondary N) is 2. The summed E-state index contributed by atoms with van der Waals surface area (Å²) in [6.45, 7) is 3.53. The number of piperazine rings is 1. The second-order valence-electron chi connectivity index (χ2n) is 9.79. The van der Waals surface area contributed by atoms with Gasteiger partial charge in [-0.05, 0) is 37.9 Å². The summed E-state index contributed by atoms with van der Waals surface area (Å²) in [6.07, 6.45) is 2.59. The van der Waals surface area contributed by atoms with E-state index in [1.807, 2.05) is 30.3 Å². The number of rotatable bonds is 8. The summed E-state index contributed by atoms with van der Waals surface area (Å²) in [5.41, 5.74) is 0.850. The Balaban J connectivity index is 1.44. The third-order valence-electron chi connectivity index (χ3n) is 7.24. The van der Waals surface area contributed by atoms with Crippen molar-refractivity contribution in [2.24, 2.45) is 0 Å². The Kier molecular flexibility index (Phi) is 7.86. The number of benzene rings is 2. The molecule has 0 saturated carbocycles. The van der Waals surface area contributed by atoms with Gasteiger partial charge in [0.1, 0.15) is 23.9 Å². The predicted octanol–water partition coefficient (Wildman–Crippen LogP) is 3.06. The smallest absolute Gasteiger partial charge is 0.319 e. The molecule has 2 saturated heterocycles. The Morgan fingerprint density at radius 3 is 2.89 bits per heavy atom. The number of ether oxygens (including phenoxy) is 2. The molecule has 1 amide bonds. The molecule has 5 rings (SSSR count). The lowest BCUT2D eigenvalue weighted by Crippen LogP contribution is -2.51. The summed E-state index contributed by atoms with van der Waals surface area (Å²) in [5, 5.41) is 17.4. The molecule has 10 nitrogen and oxygen atoms in total. The molecule has 2 N–H and O–H groups in total. The molecule has 0 aliphatic carbocycles. The van der Waals surface area contributed by atoms with Crippen LogP contribution in [0.15, 0.2) is 42.5 Å². The van der Waals surface area contributed by atoms with Gasteiger partial charge in [-0.25, -0.2) is 0 Å². The Hall–Kier alpha value is -3.94. The lowest BCUT2D eigenvalue weighted by atomic mass is 10.1. The summed E-state index contributed by atoms with van der Waals surface area (Å²) in [6, 6.07) is 16.0. The van der Waals surface area contributed by atoms with Crippen LogP contribution in [0.4, 0.5) is 11.5 Å². The maximum absolute atomic E-state index is 13.5. The Bertz CT molecular complexity index is 1340. The maximum Gasteiger partial charge on any atom is 0.319 e. The monoisotopic (exact) mass is 515 g/mol. The number of hydrogen-bond acceptors (Lipinski definition) is 9. The molecule has 2 aliphatic rings. The molecule has 1 aromatic heterocycles. The van der Waals surface area contributed by atoms with Gasteiger partial charge in [-0.15, -0.1) is 0 Å². The van der Waals surface area contributed by atoms with Crippen molar-refractivity contribution in [3.63, 3.8) is 0 Å². The zero-order valence-electron chi connectivity index (χ0n) is 21.8. The summed E-state index contributed by atoms with van der Waals surface area (Å²) in [7, 11) is 3.69. The number of aromatic nitrogens is 2. The van der Waals surface area contributed by atoms with Crippen molar-refractivity contribution in [1.82, 2.24) is 20.2 Å². The van der Waals surface area contributed by atoms with Crippen molar-refractivity contribution >= 4 is 28.2 Å². The van der Waals surface area contributed by atoms with Crippen LogP contribution in [0.2, 0.25) is 0 Å². The highest BCUT2D eigenvalue weighted by Crippen LogP contribution is 2.30. The van der Waals surface area contributed by atoms with Gasteiger partial charge >= 0.3 is 6.01 Å². The predicted molar refractivity (Wildman–Crippen MR) is 146 cm³/mol. The minimum Gasteiger partial charge on any atom is -0.497 e. The molecular formula is C28H33N7O3. The van der Waals surface area contributed by atoms with Crippen LogP contribution < -0.4 is 25.0 Å². The number of amides is 1. The summed E-state index contributed by atoms with van der Waals surface area (Å²) < 4.78 is 11.5. The zero-order valence-corrected chi connectivity index (χ0v) is 21.8. The molecule has 198 valence electrons. The standard InChI is InChI=1S/C28H33N7O3/c1-34-12-5-7-21(34)18-38-28-32-25(16-26(33-28)35-13-11-30-20(17-35)9-10-29)27(36)31-24-15-22(37-2)14-19-6-3-4-8-23(19)24/h3-4,6,8,14-16,20-21,30H,5,7,9,11-13,17-18H2,1-2H3,(H,31,36)/t20-,21-/m0/s1. The molecule has 2 fully saturated rings. The molecule has 0 radical (unpaired) electrons. The van der Waals surface area contributed by atoms with E-state index in [2.05, 4.69) is 43.5 Å².